The van der Waals surface area contributed by atoms with E-state index >= 15 is 0 Å². The Kier molecular flexibility index (Phi) is 6.46. The van der Waals surface area contributed by atoms with Crippen LogP contribution in [0.4, 0.5) is 0 Å². The maximum absolute atomic E-state index is 13.7. The first-order chi connectivity index (χ1) is 16.4. The topological polar surface area (TPSA) is 63.6 Å². The van der Waals surface area contributed by atoms with Crippen LogP contribution in [0.5, 0.6) is 5.75 Å². The van der Waals surface area contributed by atoms with Gasteiger partial charge in [0.2, 0.25) is 5.91 Å². The van der Waals surface area contributed by atoms with Crippen molar-refractivity contribution in [1.29, 1.82) is 0 Å². The third-order valence-electron chi connectivity index (χ3n) is 7.38. The summed E-state index contributed by atoms with van der Waals surface area (Å²) < 4.78 is 9.57. The van der Waals surface area contributed by atoms with Crippen molar-refractivity contribution < 1.29 is 14.3 Å². The lowest BCUT2D eigenvalue weighted by atomic mass is 9.90. The van der Waals surface area contributed by atoms with Crippen LogP contribution in [0.15, 0.2) is 40.2 Å². The molecule has 1 aliphatic heterocycles. The summed E-state index contributed by atoms with van der Waals surface area (Å²) in [5.74, 6) is 1.22. The molecule has 2 amide bonds. The summed E-state index contributed by atoms with van der Waals surface area (Å²) in [5.41, 5.74) is 3.02. The molecule has 2 fully saturated rings. The molecule has 3 heterocycles. The predicted molar refractivity (Wildman–Crippen MR) is 139 cm³/mol. The molecule has 1 aliphatic carbocycles. The van der Waals surface area contributed by atoms with E-state index in [1.165, 1.54) is 0 Å². The number of nitrogens with one attached hydrogen (secondary N) is 1. The van der Waals surface area contributed by atoms with Gasteiger partial charge < -0.3 is 19.5 Å². The zero-order valence-corrected chi connectivity index (χ0v) is 22.0. The monoisotopic (exact) mass is 543 g/mol. The summed E-state index contributed by atoms with van der Waals surface area (Å²) in [6.45, 7) is 4.85. The first-order valence-corrected chi connectivity index (χ1v) is 13.5. The summed E-state index contributed by atoms with van der Waals surface area (Å²) in [7, 11) is 1.66. The highest BCUT2D eigenvalue weighted by molar-refractivity contribution is 9.11. The number of piperidine rings is 1. The fourth-order valence-corrected chi connectivity index (χ4v) is 6.80. The van der Waals surface area contributed by atoms with E-state index in [1.807, 2.05) is 35.2 Å². The van der Waals surface area contributed by atoms with E-state index in [2.05, 4.69) is 38.8 Å². The Morgan fingerprint density at radius 3 is 2.62 bits per heavy atom. The number of fused-ring (bicyclic) bond motifs is 1. The summed E-state index contributed by atoms with van der Waals surface area (Å²) in [5, 5.41) is 3.05. The number of carbonyl (C=O) groups is 2. The molecule has 2 aliphatic rings. The van der Waals surface area contributed by atoms with Crippen molar-refractivity contribution in [2.45, 2.75) is 39.2 Å². The second-order valence-corrected chi connectivity index (χ2v) is 11.9. The quantitative estimate of drug-likeness (QED) is 0.440. The molecule has 1 saturated carbocycles. The van der Waals surface area contributed by atoms with Crippen LogP contribution < -0.4 is 10.1 Å². The van der Waals surface area contributed by atoms with E-state index in [-0.39, 0.29) is 23.1 Å². The number of amides is 2. The van der Waals surface area contributed by atoms with Crippen molar-refractivity contribution in [3.63, 3.8) is 0 Å². The van der Waals surface area contributed by atoms with Gasteiger partial charge in [-0.3, -0.25) is 9.59 Å². The second kappa shape index (κ2) is 9.38. The number of hydrogen-bond donors (Lipinski definition) is 1. The lowest BCUT2D eigenvalue weighted by molar-refractivity contribution is -0.123. The highest BCUT2D eigenvalue weighted by atomic mass is 79.9. The maximum Gasteiger partial charge on any atom is 0.270 e. The van der Waals surface area contributed by atoms with E-state index < -0.39 is 0 Å². The Bertz CT molecular complexity index is 1210. The van der Waals surface area contributed by atoms with Gasteiger partial charge in [0.1, 0.15) is 11.4 Å². The van der Waals surface area contributed by atoms with Crippen LogP contribution >= 0.6 is 27.3 Å². The molecule has 1 spiro atoms. The van der Waals surface area contributed by atoms with Gasteiger partial charge in [-0.1, -0.05) is 19.1 Å². The molecular formula is C26H30BrN3O3S. The number of carbonyl (C=O) groups excluding carboxylic acids is 2. The predicted octanol–water partition coefficient (Wildman–Crippen LogP) is 5.29. The van der Waals surface area contributed by atoms with E-state index in [9.17, 15) is 9.59 Å². The fraction of sp³-hybridized carbons (Fsp3) is 0.462. The lowest BCUT2D eigenvalue weighted by Gasteiger charge is -2.33. The average Bonchev–Trinajstić information content (AvgIpc) is 3.27. The first kappa shape index (κ1) is 23.4. The average molecular weight is 545 g/mol. The number of ether oxygens (including phenoxy) is 1. The van der Waals surface area contributed by atoms with Crippen molar-refractivity contribution in [2.24, 2.45) is 11.3 Å². The van der Waals surface area contributed by atoms with Gasteiger partial charge in [0.15, 0.2) is 0 Å². The first-order valence-electron chi connectivity index (χ1n) is 11.9. The smallest absolute Gasteiger partial charge is 0.270 e. The van der Waals surface area contributed by atoms with Gasteiger partial charge in [-0.25, -0.2) is 0 Å². The maximum atomic E-state index is 13.7. The molecule has 34 heavy (non-hydrogen) atoms. The fourth-order valence-electron chi connectivity index (χ4n) is 5.23. The third-order valence-corrected chi connectivity index (χ3v) is 8.95. The van der Waals surface area contributed by atoms with Crippen LogP contribution in [0.2, 0.25) is 0 Å². The number of nitrogens with zero attached hydrogens (tertiary/aromatic N) is 2. The van der Waals surface area contributed by atoms with Gasteiger partial charge in [0.25, 0.3) is 5.91 Å². The highest BCUT2D eigenvalue weighted by Gasteiger charge is 2.58. The van der Waals surface area contributed by atoms with Gasteiger partial charge in [-0.05, 0) is 76.9 Å². The minimum atomic E-state index is 0.0792. The van der Waals surface area contributed by atoms with Crippen molar-refractivity contribution >= 4 is 49.3 Å². The van der Waals surface area contributed by atoms with E-state index in [0.717, 1.165) is 63.2 Å². The van der Waals surface area contributed by atoms with Gasteiger partial charge in [-0.15, -0.1) is 11.3 Å². The minimum Gasteiger partial charge on any atom is -0.497 e. The van der Waals surface area contributed by atoms with E-state index in [4.69, 9.17) is 4.74 Å². The molecule has 1 atom stereocenters. The van der Waals surface area contributed by atoms with Crippen LogP contribution in [-0.2, 0) is 11.3 Å². The molecular weight excluding hydrogens is 514 g/mol. The van der Waals surface area contributed by atoms with Gasteiger partial charge >= 0.3 is 0 Å². The zero-order valence-electron chi connectivity index (χ0n) is 19.6. The number of benzene rings is 1. The lowest BCUT2D eigenvalue weighted by Crippen LogP contribution is -2.41. The molecule has 6 nitrogen and oxygen atoms in total. The number of aromatic nitrogens is 1. The molecule has 2 aromatic heterocycles. The van der Waals surface area contributed by atoms with Crippen LogP contribution in [0, 0.1) is 11.3 Å². The zero-order chi connectivity index (χ0) is 23.9. The van der Waals surface area contributed by atoms with Gasteiger partial charge in [0, 0.05) is 32.1 Å². The molecule has 1 aromatic carbocycles. The summed E-state index contributed by atoms with van der Waals surface area (Å²) in [6, 6.07) is 12.1. The Labute approximate surface area is 212 Å². The van der Waals surface area contributed by atoms with Crippen molar-refractivity contribution in [3.8, 4) is 5.75 Å². The van der Waals surface area contributed by atoms with Crippen molar-refractivity contribution in [2.75, 3.05) is 26.7 Å². The Morgan fingerprint density at radius 2 is 1.94 bits per heavy atom. The van der Waals surface area contributed by atoms with Crippen molar-refractivity contribution in [1.82, 2.24) is 14.8 Å². The molecule has 3 aromatic rings. The summed E-state index contributed by atoms with van der Waals surface area (Å²) in [6.07, 6.45) is 3.73. The molecule has 180 valence electrons. The van der Waals surface area contributed by atoms with Gasteiger partial charge in [0.05, 0.1) is 21.1 Å². The SMILES string of the molecule is CCCNC(=O)C1CC12CCN(C(=O)c1cc3sc(Br)cc3n1Cc1ccc(OC)cc1)CC2. The van der Waals surface area contributed by atoms with Crippen molar-refractivity contribution in [3.05, 3.63) is 51.4 Å². The van der Waals surface area contributed by atoms with Crippen LogP contribution in [-0.4, -0.2) is 48.0 Å². The molecule has 5 rings (SSSR count). The molecule has 1 saturated heterocycles. The number of hydrogen-bond acceptors (Lipinski definition) is 4. The van der Waals surface area contributed by atoms with Gasteiger partial charge in [-0.2, -0.15) is 0 Å². The van der Waals surface area contributed by atoms with Crippen LogP contribution in [0.3, 0.4) is 0 Å². The second-order valence-electron chi connectivity index (χ2n) is 9.47. The minimum absolute atomic E-state index is 0.0792. The number of thiophene rings is 1. The molecule has 0 bridgehead atoms. The van der Waals surface area contributed by atoms with E-state index in [0.29, 0.717) is 19.6 Å². The molecule has 1 N–H and O–H groups in total. The Morgan fingerprint density at radius 1 is 1.21 bits per heavy atom. The molecule has 0 radical (unpaired) electrons. The summed E-state index contributed by atoms with van der Waals surface area (Å²) >= 11 is 5.24. The summed E-state index contributed by atoms with van der Waals surface area (Å²) in [4.78, 5) is 28.1. The van der Waals surface area contributed by atoms with E-state index in [1.54, 1.807) is 18.4 Å². The largest absolute Gasteiger partial charge is 0.497 e. The normalized spacial score (nSPS) is 18.9. The Balaban J connectivity index is 1.32. The van der Waals surface area contributed by atoms with Crippen LogP contribution in [0.25, 0.3) is 10.2 Å². The highest BCUT2D eigenvalue weighted by Crippen LogP contribution is 2.59. The number of likely N-dealkylation sites (tertiary alicyclic amines) is 1. The standard InChI is InChI=1S/C26H30BrN3O3S/c1-3-10-28-24(31)19-15-26(19)8-11-29(12-9-26)25(32)21-13-22-20(14-23(27)34-22)30(21)16-17-4-6-18(33-2)7-5-17/h4-7,13-14,19H,3,8-12,15-16H2,1-2H3,(H,28,31). The third kappa shape index (κ3) is 4.38. The molecule has 1 unspecified atom stereocenters. The molecule has 8 heteroatoms. The van der Waals surface area contributed by atoms with Crippen LogP contribution in [0.1, 0.15) is 48.7 Å². The number of halogens is 1. The number of rotatable bonds is 7. The number of methoxy groups -OCH3 is 1. The Hall–Kier alpha value is -2.32.